The molecule has 0 radical (unpaired) electrons. The number of hydrogen-bond acceptors (Lipinski definition) is 7. The third-order valence-electron chi connectivity index (χ3n) is 3.09. The first-order chi connectivity index (χ1) is 12.1. The van der Waals surface area contributed by atoms with E-state index in [9.17, 15) is 27.5 Å². The smallest absolute Gasteiger partial charge is 0.324 e. The van der Waals surface area contributed by atoms with Gasteiger partial charge in [0, 0.05) is 17.3 Å². The highest BCUT2D eigenvalue weighted by molar-refractivity contribution is 7.90. The summed E-state index contributed by atoms with van der Waals surface area (Å²) in [6.07, 6.45) is 0.895. The second kappa shape index (κ2) is 7.94. The monoisotopic (exact) mass is 417 g/mol. The molecule has 2 rings (SSSR count). The molecule has 1 unspecified atom stereocenters. The van der Waals surface area contributed by atoms with E-state index in [4.69, 9.17) is 16.3 Å². The van der Waals surface area contributed by atoms with Crippen LogP contribution in [0.25, 0.3) is 0 Å². The van der Waals surface area contributed by atoms with Crippen LogP contribution in [0.5, 0.6) is 5.75 Å². The van der Waals surface area contributed by atoms with E-state index in [1.165, 1.54) is 24.3 Å². The number of nitro benzene ring substituents is 1. The molecule has 0 aliphatic heterocycles. The molecule has 1 atom stereocenters. The predicted molar refractivity (Wildman–Crippen MR) is 94.6 cm³/mol. The van der Waals surface area contributed by atoms with E-state index < -0.39 is 43.0 Å². The fourth-order valence-electron chi connectivity index (χ4n) is 1.91. The summed E-state index contributed by atoms with van der Waals surface area (Å²) in [6.45, 7) is 0. The quantitative estimate of drug-likeness (QED) is 0.306. The minimum Gasteiger partial charge on any atom is -0.426 e. The maximum Gasteiger partial charge on any atom is 0.324 e. The highest BCUT2D eigenvalue weighted by atomic mass is 35.5. The van der Waals surface area contributed by atoms with Gasteiger partial charge in [-0.15, -0.1) is 0 Å². The maximum absolute atomic E-state index is 12.3. The van der Waals surface area contributed by atoms with Crippen molar-refractivity contribution in [3.63, 3.8) is 0 Å². The Morgan fingerprint density at radius 3 is 2.38 bits per heavy atom. The molecule has 0 amide bonds. The maximum atomic E-state index is 12.3. The predicted octanol–water partition coefficient (Wildman–Crippen LogP) is 2.36. The van der Waals surface area contributed by atoms with Crippen LogP contribution in [-0.4, -0.2) is 35.5 Å². The van der Waals surface area contributed by atoms with E-state index in [1.54, 1.807) is 0 Å². The first kappa shape index (κ1) is 20.0. The molecular formula is C15H12ClNO7S2. The molecule has 26 heavy (non-hydrogen) atoms. The number of carbonyl (C=O) groups is 1. The number of hydrogen-bond donors (Lipinski definition) is 0. The lowest BCUT2D eigenvalue weighted by atomic mass is 10.3. The first-order valence-corrected chi connectivity index (χ1v) is 10.5. The summed E-state index contributed by atoms with van der Waals surface area (Å²) in [7, 11) is -5.77. The number of rotatable bonds is 6. The van der Waals surface area contributed by atoms with Gasteiger partial charge in [-0.2, -0.15) is 0 Å². The zero-order valence-electron chi connectivity index (χ0n) is 13.2. The van der Waals surface area contributed by atoms with E-state index in [1.807, 2.05) is 0 Å². The summed E-state index contributed by atoms with van der Waals surface area (Å²) in [6, 6.07) is 8.83. The van der Waals surface area contributed by atoms with Crippen molar-refractivity contribution in [2.45, 2.75) is 9.79 Å². The third-order valence-corrected chi connectivity index (χ3v) is 5.79. The minimum atomic E-state index is -3.67. The number of ether oxygens (including phenoxy) is 1. The van der Waals surface area contributed by atoms with Crippen LogP contribution < -0.4 is 4.74 Å². The van der Waals surface area contributed by atoms with Crippen molar-refractivity contribution in [2.24, 2.45) is 0 Å². The molecule has 0 bridgehead atoms. The number of halogens is 1. The minimum absolute atomic E-state index is 0.179. The highest BCUT2D eigenvalue weighted by Gasteiger charge is 2.24. The molecule has 0 saturated carbocycles. The number of nitrogens with zero attached hydrogens (tertiary/aromatic N) is 1. The number of carbonyl (C=O) groups excluding carboxylic acids is 1. The molecule has 0 aliphatic carbocycles. The lowest BCUT2D eigenvalue weighted by molar-refractivity contribution is -0.388. The van der Waals surface area contributed by atoms with Crippen molar-refractivity contribution in [1.29, 1.82) is 0 Å². The zero-order chi connectivity index (χ0) is 19.5. The van der Waals surface area contributed by atoms with Crippen molar-refractivity contribution >= 4 is 43.9 Å². The second-order valence-electron chi connectivity index (χ2n) is 5.08. The molecule has 0 N–H and O–H groups in total. The topological polar surface area (TPSA) is 121 Å². The lowest BCUT2D eigenvalue weighted by Crippen LogP contribution is -2.17. The van der Waals surface area contributed by atoms with E-state index in [2.05, 4.69) is 0 Å². The molecule has 8 nitrogen and oxygen atoms in total. The van der Waals surface area contributed by atoms with Crippen molar-refractivity contribution in [2.75, 3.05) is 12.0 Å². The van der Waals surface area contributed by atoms with Crippen LogP contribution in [0.15, 0.2) is 52.3 Å². The Morgan fingerprint density at radius 1 is 1.23 bits per heavy atom. The van der Waals surface area contributed by atoms with Gasteiger partial charge in [-0.05, 0) is 36.4 Å². The van der Waals surface area contributed by atoms with Crippen molar-refractivity contribution < 1.29 is 27.1 Å². The Bertz CT molecular complexity index is 988. The van der Waals surface area contributed by atoms with Gasteiger partial charge in [0.1, 0.15) is 16.4 Å². The normalized spacial score (nSPS) is 12.4. The Hall–Kier alpha value is -2.30. The van der Waals surface area contributed by atoms with Crippen LogP contribution in [0.3, 0.4) is 0 Å². The summed E-state index contributed by atoms with van der Waals surface area (Å²) >= 11 is 5.71. The Morgan fingerprint density at radius 2 is 1.85 bits per heavy atom. The lowest BCUT2D eigenvalue weighted by Gasteiger charge is -2.06. The molecule has 0 fully saturated rings. The largest absolute Gasteiger partial charge is 0.426 e. The fraction of sp³-hybridized carbons (Fsp3) is 0.133. The van der Waals surface area contributed by atoms with Crippen LogP contribution in [0.4, 0.5) is 5.69 Å². The molecule has 0 heterocycles. The fourth-order valence-corrected chi connectivity index (χ4v) is 3.69. The molecule has 2 aromatic carbocycles. The van der Waals surface area contributed by atoms with Gasteiger partial charge in [-0.25, -0.2) is 8.42 Å². The van der Waals surface area contributed by atoms with E-state index in [0.29, 0.717) is 5.02 Å². The summed E-state index contributed by atoms with van der Waals surface area (Å²) in [4.78, 5) is 21.6. The van der Waals surface area contributed by atoms with Crippen LogP contribution in [0, 0.1) is 10.1 Å². The van der Waals surface area contributed by atoms with Gasteiger partial charge < -0.3 is 4.74 Å². The highest BCUT2D eigenvalue weighted by Crippen LogP contribution is 2.26. The zero-order valence-corrected chi connectivity index (χ0v) is 15.6. The van der Waals surface area contributed by atoms with E-state index >= 15 is 0 Å². The molecule has 0 aliphatic rings. The van der Waals surface area contributed by atoms with E-state index in [-0.39, 0.29) is 15.5 Å². The second-order valence-corrected chi connectivity index (χ2v) is 8.95. The summed E-state index contributed by atoms with van der Waals surface area (Å²) in [5.74, 6) is -1.33. The van der Waals surface area contributed by atoms with E-state index in [0.717, 1.165) is 24.5 Å². The number of benzene rings is 2. The Balaban J connectivity index is 2.21. The van der Waals surface area contributed by atoms with Crippen LogP contribution in [0.2, 0.25) is 5.02 Å². The van der Waals surface area contributed by atoms with Crippen LogP contribution >= 0.6 is 11.6 Å². The third kappa shape index (κ3) is 5.10. The van der Waals surface area contributed by atoms with Gasteiger partial charge in [-0.1, -0.05) is 11.6 Å². The Kier molecular flexibility index (Phi) is 6.11. The van der Waals surface area contributed by atoms with Gasteiger partial charge in [-0.3, -0.25) is 19.1 Å². The SMILES string of the molecule is CS(=O)(=O)c1ccc(S(=O)CC(=O)Oc2ccc(Cl)cc2)c([N+](=O)[O-])c1. The summed E-state index contributed by atoms with van der Waals surface area (Å²) < 4.78 is 40.3. The molecule has 11 heteroatoms. The van der Waals surface area contributed by atoms with Crippen molar-refractivity contribution in [1.82, 2.24) is 0 Å². The molecule has 0 saturated heterocycles. The van der Waals surface area contributed by atoms with Gasteiger partial charge >= 0.3 is 5.97 Å². The average molecular weight is 418 g/mol. The number of esters is 1. The van der Waals surface area contributed by atoms with Crippen molar-refractivity contribution in [3.05, 3.63) is 57.6 Å². The first-order valence-electron chi connectivity index (χ1n) is 6.91. The summed E-state index contributed by atoms with van der Waals surface area (Å²) in [5, 5.41) is 11.6. The molecule has 138 valence electrons. The summed E-state index contributed by atoms with van der Waals surface area (Å²) in [5.41, 5.74) is -0.648. The van der Waals surface area contributed by atoms with Crippen LogP contribution in [0.1, 0.15) is 0 Å². The number of nitro groups is 1. The van der Waals surface area contributed by atoms with Gasteiger partial charge in [0.25, 0.3) is 5.69 Å². The molecular weight excluding hydrogens is 406 g/mol. The molecule has 0 spiro atoms. The number of sulfone groups is 1. The molecule has 2 aromatic rings. The Labute approximate surface area is 156 Å². The van der Waals surface area contributed by atoms with Gasteiger partial charge in [0.15, 0.2) is 9.84 Å². The van der Waals surface area contributed by atoms with Gasteiger partial charge in [0.2, 0.25) is 0 Å². The van der Waals surface area contributed by atoms with Gasteiger partial charge in [0.05, 0.1) is 20.6 Å². The molecule has 0 aromatic heterocycles. The average Bonchev–Trinajstić information content (AvgIpc) is 2.55. The van der Waals surface area contributed by atoms with Crippen LogP contribution in [-0.2, 0) is 25.4 Å². The standard InChI is InChI=1S/C15H12ClNO7S2/c1-26(22,23)12-6-7-14(13(8-12)17(19)20)25(21)9-15(18)24-11-4-2-10(16)3-5-11/h2-8H,9H2,1H3. The van der Waals surface area contributed by atoms with Crippen molar-refractivity contribution in [3.8, 4) is 5.75 Å².